The molecule has 40 heavy (non-hydrogen) atoms. The number of nitrogens with one attached hydrogen (secondary N) is 1. The molecule has 1 saturated heterocycles. The van der Waals surface area contributed by atoms with Crippen LogP contribution in [0.4, 0.5) is 0 Å². The summed E-state index contributed by atoms with van der Waals surface area (Å²) in [4.78, 5) is 27.1. The Hall–Kier alpha value is -3.88. The van der Waals surface area contributed by atoms with Crippen molar-refractivity contribution >= 4 is 55.5 Å². The quantitative estimate of drug-likeness (QED) is 0.217. The fourth-order valence-corrected chi connectivity index (χ4v) is 7.53. The number of aromatic nitrogens is 2. The number of rotatable bonds is 6. The number of carbonyl (C=O) groups excluding carboxylic acids is 2. The maximum absolute atomic E-state index is 13.8. The molecule has 1 amide bonds. The van der Waals surface area contributed by atoms with Crippen LogP contribution in [0.25, 0.3) is 43.6 Å². The van der Waals surface area contributed by atoms with E-state index in [1.165, 1.54) is 0 Å². The third-order valence-electron chi connectivity index (χ3n) is 9.40. The molecule has 2 aromatic heterocycles. The highest BCUT2D eigenvalue weighted by Crippen LogP contribution is 2.57. The Morgan fingerprint density at radius 2 is 1.77 bits per heavy atom. The third-order valence-corrected chi connectivity index (χ3v) is 9.40. The number of para-hydroxylation sites is 2. The second kappa shape index (κ2) is 8.08. The van der Waals surface area contributed by atoms with Gasteiger partial charge in [0.15, 0.2) is 5.72 Å². The van der Waals surface area contributed by atoms with Crippen LogP contribution < -0.4 is 5.32 Å². The van der Waals surface area contributed by atoms with E-state index in [0.29, 0.717) is 12.1 Å². The molecular weight excluding hydrogens is 506 g/mol. The molecule has 5 aromatic rings. The van der Waals surface area contributed by atoms with E-state index in [1.807, 2.05) is 53.1 Å². The van der Waals surface area contributed by atoms with Gasteiger partial charge in [0.2, 0.25) is 5.60 Å². The molecule has 2 N–H and O–H groups in total. The first kappa shape index (κ1) is 24.0. The normalized spacial score (nSPS) is 24.9. The zero-order valence-electron chi connectivity index (χ0n) is 22.6. The van der Waals surface area contributed by atoms with Crippen molar-refractivity contribution in [2.45, 2.75) is 70.1 Å². The molecule has 2 bridgehead atoms. The maximum atomic E-state index is 13.8. The summed E-state index contributed by atoms with van der Waals surface area (Å²) in [5, 5.41) is 19.2. The standard InChI is InChI=1S/C32H31N3O5/c1-3-4-5-10-15-39-30(37)32(38)16-23-34-21-13-8-6-11-18(21)25-26-20(17-33-29(26)36)24-19-12-7-9-14-22(19)35(28(24)27(25)34)31(32,2)40-23/h6-9,11-14,23,38H,3-5,10,15-17H2,1-2H3,(H,33,36)/t23?,31?,32-/m1/s1. The molecule has 0 aliphatic carbocycles. The zero-order valence-corrected chi connectivity index (χ0v) is 22.6. The molecule has 2 unspecified atom stereocenters. The summed E-state index contributed by atoms with van der Waals surface area (Å²) in [6.45, 7) is 4.61. The smallest absolute Gasteiger partial charge is 0.343 e. The summed E-state index contributed by atoms with van der Waals surface area (Å²) in [5.41, 5.74) is 1.75. The summed E-state index contributed by atoms with van der Waals surface area (Å²) >= 11 is 0. The number of ether oxygens (including phenoxy) is 2. The number of carbonyl (C=O) groups is 2. The average molecular weight is 538 g/mol. The van der Waals surface area contributed by atoms with Crippen molar-refractivity contribution in [2.75, 3.05) is 6.61 Å². The van der Waals surface area contributed by atoms with E-state index < -0.39 is 23.5 Å². The van der Waals surface area contributed by atoms with Crippen molar-refractivity contribution < 1.29 is 24.2 Å². The van der Waals surface area contributed by atoms with Crippen molar-refractivity contribution in [3.8, 4) is 0 Å². The first-order valence-electron chi connectivity index (χ1n) is 14.3. The molecule has 8 nitrogen and oxygen atoms in total. The highest BCUT2D eigenvalue weighted by Gasteiger charge is 2.66. The summed E-state index contributed by atoms with van der Waals surface area (Å²) in [7, 11) is 0. The van der Waals surface area contributed by atoms with Gasteiger partial charge >= 0.3 is 5.97 Å². The van der Waals surface area contributed by atoms with Crippen molar-refractivity contribution in [1.29, 1.82) is 0 Å². The lowest BCUT2D eigenvalue weighted by atomic mass is 9.88. The van der Waals surface area contributed by atoms with Crippen LogP contribution in [0.5, 0.6) is 0 Å². The monoisotopic (exact) mass is 537 g/mol. The summed E-state index contributed by atoms with van der Waals surface area (Å²) < 4.78 is 16.7. The number of hydrogen-bond donors (Lipinski definition) is 2. The van der Waals surface area contributed by atoms with Gasteiger partial charge in [0, 0.05) is 34.5 Å². The van der Waals surface area contributed by atoms with Crippen LogP contribution in [-0.4, -0.2) is 38.3 Å². The number of nitrogens with zero attached hydrogens (tertiary/aromatic N) is 2. The second-order valence-corrected chi connectivity index (χ2v) is 11.5. The fraction of sp³-hybridized carbons (Fsp3) is 0.375. The van der Waals surface area contributed by atoms with Gasteiger partial charge in [-0.2, -0.15) is 0 Å². The van der Waals surface area contributed by atoms with Crippen molar-refractivity contribution in [3.05, 3.63) is 59.7 Å². The number of benzene rings is 3. The van der Waals surface area contributed by atoms with Gasteiger partial charge in [-0.15, -0.1) is 0 Å². The Kier molecular flexibility index (Phi) is 4.84. The molecule has 8 heteroatoms. The number of aliphatic hydroxyl groups is 1. The number of esters is 1. The van der Waals surface area contributed by atoms with E-state index in [0.717, 1.165) is 74.9 Å². The van der Waals surface area contributed by atoms with Gasteiger partial charge in [-0.3, -0.25) is 4.79 Å². The molecule has 3 aliphatic heterocycles. The van der Waals surface area contributed by atoms with Gasteiger partial charge < -0.3 is 29.0 Å². The second-order valence-electron chi connectivity index (χ2n) is 11.5. The molecule has 0 spiro atoms. The van der Waals surface area contributed by atoms with Crippen LogP contribution >= 0.6 is 0 Å². The summed E-state index contributed by atoms with van der Waals surface area (Å²) in [6.07, 6.45) is 3.28. The molecule has 0 radical (unpaired) electrons. The predicted molar refractivity (Wildman–Crippen MR) is 152 cm³/mol. The van der Waals surface area contributed by atoms with E-state index in [1.54, 1.807) is 6.92 Å². The largest absolute Gasteiger partial charge is 0.463 e. The van der Waals surface area contributed by atoms with Crippen molar-refractivity contribution in [1.82, 2.24) is 14.5 Å². The number of amides is 1. The van der Waals surface area contributed by atoms with E-state index in [9.17, 15) is 14.7 Å². The lowest BCUT2D eigenvalue weighted by molar-refractivity contribution is -0.204. The van der Waals surface area contributed by atoms with Crippen LogP contribution in [0.2, 0.25) is 0 Å². The number of unbranched alkanes of at least 4 members (excludes halogenated alkanes) is 3. The Morgan fingerprint density at radius 1 is 1.05 bits per heavy atom. The number of fused-ring (bicyclic) bond motifs is 13. The molecule has 3 aromatic carbocycles. The molecule has 3 aliphatic rings. The molecule has 5 heterocycles. The SMILES string of the molecule is CCCCCCOC(=O)[C@]1(O)CC2OC1(C)n1c3ccccc3c3c4c(c5c6ccccc6n2c5c31)C(=O)NC4. The van der Waals surface area contributed by atoms with E-state index >= 15 is 0 Å². The average Bonchev–Trinajstić information content (AvgIpc) is 3.65. The van der Waals surface area contributed by atoms with Crippen LogP contribution in [0.1, 0.15) is 68.1 Å². The van der Waals surface area contributed by atoms with Crippen molar-refractivity contribution in [2.24, 2.45) is 0 Å². The molecule has 3 atom stereocenters. The first-order valence-corrected chi connectivity index (χ1v) is 14.3. The molecule has 1 fully saturated rings. The van der Waals surface area contributed by atoms with Crippen LogP contribution in [0.3, 0.4) is 0 Å². The van der Waals surface area contributed by atoms with Gasteiger partial charge in [-0.25, -0.2) is 4.79 Å². The molecule has 8 rings (SSSR count). The van der Waals surface area contributed by atoms with Gasteiger partial charge in [0.05, 0.1) is 34.2 Å². The van der Waals surface area contributed by atoms with Crippen LogP contribution in [0.15, 0.2) is 48.5 Å². The van der Waals surface area contributed by atoms with E-state index in [4.69, 9.17) is 9.47 Å². The molecule has 204 valence electrons. The van der Waals surface area contributed by atoms with Crippen molar-refractivity contribution in [3.63, 3.8) is 0 Å². The predicted octanol–water partition coefficient (Wildman–Crippen LogP) is 5.61. The Balaban J connectivity index is 1.47. The topological polar surface area (TPSA) is 94.7 Å². The van der Waals surface area contributed by atoms with E-state index in [-0.39, 0.29) is 18.9 Å². The minimum absolute atomic E-state index is 0.0296. The van der Waals surface area contributed by atoms with Gasteiger partial charge in [-0.1, -0.05) is 62.6 Å². The zero-order chi connectivity index (χ0) is 27.4. The van der Waals surface area contributed by atoms with Crippen LogP contribution in [-0.2, 0) is 26.5 Å². The van der Waals surface area contributed by atoms with Crippen LogP contribution in [0, 0.1) is 0 Å². The lowest BCUT2D eigenvalue weighted by Gasteiger charge is -2.37. The van der Waals surface area contributed by atoms with Gasteiger partial charge in [0.1, 0.15) is 6.23 Å². The molecular formula is C32H31N3O5. The first-order chi connectivity index (χ1) is 19.4. The summed E-state index contributed by atoms with van der Waals surface area (Å²) in [6, 6.07) is 16.0. The summed E-state index contributed by atoms with van der Waals surface area (Å²) in [5.74, 6) is -0.740. The Labute approximate surface area is 230 Å². The van der Waals surface area contributed by atoms with Gasteiger partial charge in [-0.05, 0) is 31.0 Å². The maximum Gasteiger partial charge on any atom is 0.343 e. The lowest BCUT2D eigenvalue weighted by Crippen LogP contribution is -2.56. The minimum Gasteiger partial charge on any atom is -0.463 e. The van der Waals surface area contributed by atoms with E-state index in [2.05, 4.69) is 16.8 Å². The highest BCUT2D eigenvalue weighted by atomic mass is 16.6. The minimum atomic E-state index is -1.93. The fourth-order valence-electron chi connectivity index (χ4n) is 7.53. The Morgan fingerprint density at radius 3 is 2.55 bits per heavy atom. The highest BCUT2D eigenvalue weighted by molar-refractivity contribution is 6.31. The third kappa shape index (κ3) is 2.73. The van der Waals surface area contributed by atoms with Gasteiger partial charge in [0.25, 0.3) is 5.91 Å². The number of hydrogen-bond acceptors (Lipinski definition) is 5. The Bertz CT molecular complexity index is 1920. The molecule has 0 saturated carbocycles.